The summed E-state index contributed by atoms with van der Waals surface area (Å²) in [6.45, 7) is 7.31. The van der Waals surface area contributed by atoms with Crippen molar-refractivity contribution >= 4 is 36.3 Å². The molecule has 3 aromatic rings. The van der Waals surface area contributed by atoms with Crippen LogP contribution >= 0.6 is 11.3 Å². The minimum absolute atomic E-state index is 0.0424. The van der Waals surface area contributed by atoms with Gasteiger partial charge in [0.2, 0.25) is 0 Å². The summed E-state index contributed by atoms with van der Waals surface area (Å²) in [6.07, 6.45) is 0.900. The predicted molar refractivity (Wildman–Crippen MR) is 112 cm³/mol. The van der Waals surface area contributed by atoms with E-state index in [0.717, 1.165) is 16.7 Å². The number of thiophene rings is 1. The van der Waals surface area contributed by atoms with Crippen LogP contribution in [0.3, 0.4) is 0 Å². The Morgan fingerprint density at radius 2 is 1.50 bits per heavy atom. The van der Waals surface area contributed by atoms with Crippen molar-refractivity contribution in [3.63, 3.8) is 0 Å². The average molecular weight is 381 g/mol. The SMILES string of the molecule is CC(C)(C)[Si](OCc1csc(C=O)c1)(c1ccccc1)c1ccccc1. The first-order chi connectivity index (χ1) is 12.5. The second kappa shape index (κ2) is 7.70. The Labute approximate surface area is 160 Å². The molecule has 2 aromatic carbocycles. The Balaban J connectivity index is 2.09. The normalized spacial score (nSPS) is 12.1. The number of hydrogen-bond donors (Lipinski definition) is 0. The van der Waals surface area contributed by atoms with Crippen LogP contribution in [0.25, 0.3) is 0 Å². The molecular weight excluding hydrogens is 356 g/mol. The van der Waals surface area contributed by atoms with E-state index >= 15 is 0 Å². The number of aldehydes is 1. The van der Waals surface area contributed by atoms with Crippen molar-refractivity contribution in [2.45, 2.75) is 32.4 Å². The molecule has 134 valence electrons. The second-order valence-corrected chi connectivity index (χ2v) is 12.7. The van der Waals surface area contributed by atoms with Crippen molar-refractivity contribution in [1.82, 2.24) is 0 Å². The van der Waals surface area contributed by atoms with Crippen LogP contribution in [0.1, 0.15) is 36.0 Å². The zero-order valence-corrected chi connectivity index (χ0v) is 17.3. The zero-order chi connectivity index (χ0) is 18.6. The van der Waals surface area contributed by atoms with Gasteiger partial charge in [0.25, 0.3) is 8.32 Å². The largest absolute Gasteiger partial charge is 0.403 e. The number of rotatable bonds is 6. The van der Waals surface area contributed by atoms with E-state index in [4.69, 9.17) is 4.43 Å². The fraction of sp³-hybridized carbons (Fsp3) is 0.227. The first kappa shape index (κ1) is 18.8. The third-order valence-electron chi connectivity index (χ3n) is 4.66. The molecule has 0 fully saturated rings. The van der Waals surface area contributed by atoms with Gasteiger partial charge in [-0.05, 0) is 32.4 Å². The van der Waals surface area contributed by atoms with Crippen molar-refractivity contribution in [1.29, 1.82) is 0 Å². The van der Waals surface area contributed by atoms with Gasteiger partial charge < -0.3 is 4.43 Å². The van der Waals surface area contributed by atoms with E-state index in [1.54, 1.807) is 0 Å². The van der Waals surface area contributed by atoms with E-state index in [0.29, 0.717) is 6.61 Å². The van der Waals surface area contributed by atoms with Crippen molar-refractivity contribution in [3.8, 4) is 0 Å². The number of hydrogen-bond acceptors (Lipinski definition) is 3. The third kappa shape index (κ3) is 3.58. The lowest BCUT2D eigenvalue weighted by Crippen LogP contribution is -2.66. The second-order valence-electron chi connectivity index (χ2n) is 7.43. The zero-order valence-electron chi connectivity index (χ0n) is 15.4. The molecule has 4 heteroatoms. The van der Waals surface area contributed by atoms with E-state index in [2.05, 4.69) is 69.3 Å². The van der Waals surface area contributed by atoms with Gasteiger partial charge in [0.15, 0.2) is 6.29 Å². The Morgan fingerprint density at radius 3 is 1.92 bits per heavy atom. The quantitative estimate of drug-likeness (QED) is 0.460. The molecule has 3 rings (SSSR count). The van der Waals surface area contributed by atoms with E-state index in [1.165, 1.54) is 21.7 Å². The molecule has 1 heterocycles. The molecule has 0 saturated carbocycles. The molecule has 2 nitrogen and oxygen atoms in total. The Kier molecular flexibility index (Phi) is 5.56. The lowest BCUT2D eigenvalue weighted by Gasteiger charge is -2.43. The summed E-state index contributed by atoms with van der Waals surface area (Å²) in [5.41, 5.74) is 1.06. The fourth-order valence-corrected chi connectivity index (χ4v) is 8.72. The molecule has 0 aliphatic heterocycles. The molecule has 1 aromatic heterocycles. The molecular formula is C22H24O2SSi. The summed E-state index contributed by atoms with van der Waals surface area (Å²) in [5, 5.41) is 4.51. The predicted octanol–water partition coefficient (Wildman–Crippen LogP) is 4.64. The van der Waals surface area contributed by atoms with Crippen LogP contribution in [-0.4, -0.2) is 14.6 Å². The van der Waals surface area contributed by atoms with Crippen LogP contribution in [0, 0.1) is 0 Å². The highest BCUT2D eigenvalue weighted by molar-refractivity contribution is 7.11. The fourth-order valence-electron chi connectivity index (χ4n) is 3.49. The highest BCUT2D eigenvalue weighted by atomic mass is 32.1. The smallest absolute Gasteiger partial charge is 0.261 e. The molecule has 26 heavy (non-hydrogen) atoms. The third-order valence-corrected chi connectivity index (χ3v) is 10.6. The Hall–Kier alpha value is -2.01. The van der Waals surface area contributed by atoms with Gasteiger partial charge in [0.05, 0.1) is 11.5 Å². The van der Waals surface area contributed by atoms with Crippen LogP contribution in [0.4, 0.5) is 0 Å². The van der Waals surface area contributed by atoms with Crippen LogP contribution in [0.15, 0.2) is 72.1 Å². The number of carbonyl (C=O) groups excluding carboxylic acids is 1. The van der Waals surface area contributed by atoms with Crippen LogP contribution in [-0.2, 0) is 11.0 Å². The highest BCUT2D eigenvalue weighted by Gasteiger charge is 2.50. The first-order valence-corrected chi connectivity index (χ1v) is 11.5. The van der Waals surface area contributed by atoms with E-state index in [1.807, 2.05) is 23.6 Å². The monoisotopic (exact) mass is 380 g/mol. The maximum absolute atomic E-state index is 11.0. The van der Waals surface area contributed by atoms with Crippen molar-refractivity contribution in [2.24, 2.45) is 0 Å². The minimum Gasteiger partial charge on any atom is -0.403 e. The summed E-state index contributed by atoms with van der Waals surface area (Å²) >= 11 is 1.47. The van der Waals surface area contributed by atoms with Gasteiger partial charge in [-0.15, -0.1) is 11.3 Å². The Morgan fingerprint density at radius 1 is 0.962 bits per heavy atom. The summed E-state index contributed by atoms with van der Waals surface area (Å²) < 4.78 is 6.84. The van der Waals surface area contributed by atoms with Gasteiger partial charge in [-0.3, -0.25) is 4.79 Å². The lowest BCUT2D eigenvalue weighted by molar-refractivity contribution is 0.112. The van der Waals surface area contributed by atoms with Gasteiger partial charge >= 0.3 is 0 Å². The van der Waals surface area contributed by atoms with Gasteiger partial charge in [-0.25, -0.2) is 0 Å². The highest BCUT2D eigenvalue weighted by Crippen LogP contribution is 2.37. The molecule has 0 aliphatic carbocycles. The van der Waals surface area contributed by atoms with E-state index in [9.17, 15) is 4.79 Å². The maximum atomic E-state index is 11.0. The average Bonchev–Trinajstić information content (AvgIpc) is 3.11. The Bertz CT molecular complexity index is 811. The summed E-state index contributed by atoms with van der Waals surface area (Å²) in [5.74, 6) is 0. The topological polar surface area (TPSA) is 26.3 Å². The molecule has 0 N–H and O–H groups in total. The lowest BCUT2D eigenvalue weighted by atomic mass is 10.2. The van der Waals surface area contributed by atoms with Crippen LogP contribution in [0.5, 0.6) is 0 Å². The van der Waals surface area contributed by atoms with Gasteiger partial charge in [0, 0.05) is 0 Å². The molecule has 0 atom stereocenters. The molecule has 0 amide bonds. The van der Waals surface area contributed by atoms with Crippen molar-refractivity contribution in [2.75, 3.05) is 0 Å². The molecule has 0 radical (unpaired) electrons. The molecule has 0 aliphatic rings. The summed E-state index contributed by atoms with van der Waals surface area (Å²) in [7, 11) is -2.52. The van der Waals surface area contributed by atoms with E-state index in [-0.39, 0.29) is 5.04 Å². The van der Waals surface area contributed by atoms with Crippen LogP contribution < -0.4 is 10.4 Å². The molecule has 0 spiro atoms. The maximum Gasteiger partial charge on any atom is 0.261 e. The molecule has 0 bridgehead atoms. The molecule has 0 saturated heterocycles. The summed E-state index contributed by atoms with van der Waals surface area (Å²) in [6, 6.07) is 23.1. The standard InChI is InChI=1S/C22H24O2SSi/c1-22(2,3)26(20-10-6-4-7-11-20,21-12-8-5-9-13-21)24-16-18-14-19(15-23)25-17-18/h4-15,17H,16H2,1-3H3. The van der Waals surface area contributed by atoms with Gasteiger partial charge in [-0.1, -0.05) is 81.4 Å². The minimum atomic E-state index is -2.52. The summed E-state index contributed by atoms with van der Waals surface area (Å²) in [4.78, 5) is 11.7. The van der Waals surface area contributed by atoms with E-state index < -0.39 is 8.32 Å². The van der Waals surface area contributed by atoms with Crippen LogP contribution in [0.2, 0.25) is 5.04 Å². The van der Waals surface area contributed by atoms with Gasteiger partial charge in [0.1, 0.15) is 0 Å². The number of benzene rings is 2. The first-order valence-electron chi connectivity index (χ1n) is 8.75. The van der Waals surface area contributed by atoms with Gasteiger partial charge in [-0.2, -0.15) is 0 Å². The van der Waals surface area contributed by atoms with Crippen molar-refractivity contribution in [3.05, 3.63) is 82.6 Å². The molecule has 0 unspecified atom stereocenters. The van der Waals surface area contributed by atoms with Crippen molar-refractivity contribution < 1.29 is 9.22 Å². The number of carbonyl (C=O) groups is 1.